The molecule has 10 heteroatoms. The van der Waals surface area contributed by atoms with E-state index >= 15 is 0 Å². The molecule has 0 spiro atoms. The van der Waals surface area contributed by atoms with Gasteiger partial charge < -0.3 is 33.5 Å². The monoisotopic (exact) mass is 889 g/mol. The summed E-state index contributed by atoms with van der Waals surface area (Å²) in [5, 5.41) is 8.73. The van der Waals surface area contributed by atoms with Gasteiger partial charge in [-0.2, -0.15) is 0 Å². The molecule has 348 valence electrons. The van der Waals surface area contributed by atoms with Gasteiger partial charge >= 0.3 is 0 Å². The second-order valence-electron chi connectivity index (χ2n) is 18.4. The Balaban J connectivity index is 0.000000163. The van der Waals surface area contributed by atoms with Crippen molar-refractivity contribution >= 4 is 0 Å². The Hall–Kier alpha value is -5.13. The van der Waals surface area contributed by atoms with Crippen molar-refractivity contribution in [3.63, 3.8) is 0 Å². The van der Waals surface area contributed by atoms with Crippen LogP contribution in [0.1, 0.15) is 66.3 Å². The Morgan fingerprint density at radius 3 is 1.26 bits per heavy atom. The predicted octanol–water partition coefficient (Wildman–Crippen LogP) is 11.2. The van der Waals surface area contributed by atoms with Crippen molar-refractivity contribution in [2.75, 3.05) is 54.0 Å². The van der Waals surface area contributed by atoms with Gasteiger partial charge in [-0.1, -0.05) is 91.7 Å². The predicted molar refractivity (Wildman–Crippen MR) is 254 cm³/mol. The van der Waals surface area contributed by atoms with E-state index in [0.29, 0.717) is 23.7 Å². The van der Waals surface area contributed by atoms with Gasteiger partial charge in [0, 0.05) is 77.2 Å². The molecule has 1 N–H and O–H groups in total. The Kier molecular flexibility index (Phi) is 17.6. The highest BCUT2D eigenvalue weighted by atomic mass is 19.1. The first-order chi connectivity index (χ1) is 31.6. The molecule has 5 aromatic carbocycles. The third-order valence-corrected chi connectivity index (χ3v) is 13.1. The lowest BCUT2D eigenvalue weighted by Gasteiger charge is -2.47. The number of aryl methyl sites for hydroxylation is 3. The lowest BCUT2D eigenvalue weighted by molar-refractivity contribution is -0.0392. The molecule has 4 bridgehead atoms. The van der Waals surface area contributed by atoms with Gasteiger partial charge in [0.1, 0.15) is 12.2 Å². The number of halogens is 1. The van der Waals surface area contributed by atoms with Crippen molar-refractivity contribution in [2.45, 2.75) is 84.6 Å². The van der Waals surface area contributed by atoms with Crippen LogP contribution in [-0.4, -0.2) is 81.1 Å². The molecular formula is C55H69FN2O7. The molecule has 0 amide bonds. The van der Waals surface area contributed by atoms with Gasteiger partial charge in [0.25, 0.3) is 0 Å². The lowest BCUT2D eigenvalue weighted by Crippen LogP contribution is -2.53. The Labute approximate surface area is 386 Å². The second-order valence-corrected chi connectivity index (χ2v) is 18.4. The third kappa shape index (κ3) is 13.7. The number of fused-ring (bicyclic) bond motifs is 4. The molecule has 6 atom stereocenters. The van der Waals surface area contributed by atoms with Crippen molar-refractivity contribution in [3.8, 4) is 28.7 Å². The summed E-state index contributed by atoms with van der Waals surface area (Å²) < 4.78 is 47.2. The molecule has 4 fully saturated rings. The normalized spacial score (nSPS) is 22.6. The number of phenolic OH excluding ortho intramolecular Hbond substituents is 1. The maximum absolute atomic E-state index is 12.2. The molecule has 9 nitrogen and oxygen atoms in total. The average Bonchev–Trinajstić information content (AvgIpc) is 3.29. The van der Waals surface area contributed by atoms with Gasteiger partial charge in [0.05, 0.1) is 0 Å². The minimum absolute atomic E-state index is 0.238. The van der Waals surface area contributed by atoms with Crippen LogP contribution in [0, 0.1) is 50.3 Å². The number of nitrogens with zero attached hydrogens (tertiary/aromatic N) is 2. The number of hydrogen-bond donors (Lipinski definition) is 1. The number of rotatable bonds is 14. The highest BCUT2D eigenvalue weighted by Crippen LogP contribution is 2.42. The van der Waals surface area contributed by atoms with Crippen molar-refractivity contribution in [1.82, 2.24) is 9.80 Å². The molecule has 2 aliphatic heterocycles. The zero-order valence-electron chi connectivity index (χ0n) is 39.0. The van der Waals surface area contributed by atoms with Crippen molar-refractivity contribution in [2.24, 2.45) is 23.7 Å². The molecule has 2 saturated carbocycles. The maximum atomic E-state index is 12.2. The Morgan fingerprint density at radius 1 is 0.508 bits per heavy atom. The van der Waals surface area contributed by atoms with Gasteiger partial charge in [0.15, 0.2) is 48.2 Å². The zero-order valence-corrected chi connectivity index (χ0v) is 39.0. The standard InChI is InChI=1S/2C24H31NO3.C7H7FO/c2*1-18-11-12-22(23(13-18)27-17-26-2)28-24-20-9-6-10-21(24)16-25(15-20)14-19-7-4-3-5-8-19;1-5-2-3-6(8)7(9)4-5/h2*3-5,7-8,11-13,20-21,24H,6,9-10,14-17H2,1-2H3;2-4,9H,1H3/t2*20-,21+,24?;. The van der Waals surface area contributed by atoms with Gasteiger partial charge in [0.2, 0.25) is 0 Å². The van der Waals surface area contributed by atoms with Crippen molar-refractivity contribution in [1.29, 1.82) is 0 Å². The molecular weight excluding hydrogens is 820 g/mol. The summed E-state index contributed by atoms with van der Waals surface area (Å²) in [5.74, 6) is 4.72. The number of aromatic hydroxyl groups is 1. The molecule has 9 rings (SSSR count). The molecule has 65 heavy (non-hydrogen) atoms. The summed E-state index contributed by atoms with van der Waals surface area (Å²) in [5.41, 5.74) is 5.98. The van der Waals surface area contributed by atoms with Crippen LogP contribution in [0.3, 0.4) is 0 Å². The summed E-state index contributed by atoms with van der Waals surface area (Å²) in [7, 11) is 3.28. The highest BCUT2D eigenvalue weighted by molar-refractivity contribution is 5.44. The van der Waals surface area contributed by atoms with Crippen LogP contribution in [0.4, 0.5) is 4.39 Å². The SMILES string of the molecule is COCOc1cc(C)ccc1OC1[C@@H]2CCC[C@H]1CN(Cc1ccccc1)C2.COCOc1cc(C)ccc1OC1[C@@H]2CCC[C@H]1CN(Cc1ccccc1)C2.Cc1ccc(F)c(O)c1. The molecule has 2 heterocycles. The molecule has 0 radical (unpaired) electrons. The summed E-state index contributed by atoms with van der Waals surface area (Å²) >= 11 is 0. The van der Waals surface area contributed by atoms with E-state index in [-0.39, 0.29) is 31.5 Å². The first-order valence-electron chi connectivity index (χ1n) is 23.4. The lowest BCUT2D eigenvalue weighted by atomic mass is 9.75. The van der Waals surface area contributed by atoms with Gasteiger partial charge in [-0.05, 0) is 111 Å². The fourth-order valence-corrected chi connectivity index (χ4v) is 10.1. The van der Waals surface area contributed by atoms with Crippen LogP contribution in [0.25, 0.3) is 0 Å². The number of piperidine rings is 2. The molecule has 5 aromatic rings. The fraction of sp³-hybridized carbons (Fsp3) is 0.455. The Morgan fingerprint density at radius 2 is 0.892 bits per heavy atom. The number of hydrogen-bond acceptors (Lipinski definition) is 9. The number of phenols is 1. The number of benzene rings is 5. The summed E-state index contributed by atoms with van der Waals surface area (Å²) in [4.78, 5) is 5.22. The van der Waals surface area contributed by atoms with Crippen molar-refractivity contribution < 1.29 is 37.9 Å². The van der Waals surface area contributed by atoms with E-state index in [9.17, 15) is 4.39 Å². The number of likely N-dealkylation sites (tertiary alicyclic amines) is 2. The van der Waals surface area contributed by atoms with Gasteiger partial charge in [-0.3, -0.25) is 9.80 Å². The topological polar surface area (TPSA) is 82.1 Å². The van der Waals surface area contributed by atoms with E-state index in [4.69, 9.17) is 33.5 Å². The van der Waals surface area contributed by atoms with Gasteiger partial charge in [-0.15, -0.1) is 0 Å². The smallest absolute Gasteiger partial charge is 0.188 e. The zero-order chi connectivity index (χ0) is 45.5. The molecule has 0 aromatic heterocycles. The van der Waals surface area contributed by atoms with E-state index in [0.717, 1.165) is 79.0 Å². The van der Waals surface area contributed by atoms with E-state index in [2.05, 4.69) is 96.4 Å². The largest absolute Gasteiger partial charge is 0.505 e. The summed E-state index contributed by atoms with van der Waals surface area (Å²) in [6.45, 7) is 12.9. The molecule has 4 aliphatic rings. The maximum Gasteiger partial charge on any atom is 0.188 e. The van der Waals surface area contributed by atoms with Crippen LogP contribution >= 0.6 is 0 Å². The van der Waals surface area contributed by atoms with E-state index in [1.807, 2.05) is 24.3 Å². The first kappa shape index (κ1) is 47.8. The van der Waals surface area contributed by atoms with Crippen LogP contribution in [-0.2, 0) is 22.6 Å². The highest BCUT2D eigenvalue weighted by Gasteiger charge is 2.42. The number of methoxy groups -OCH3 is 2. The summed E-state index contributed by atoms with van der Waals surface area (Å²) in [6.07, 6.45) is 8.14. The van der Waals surface area contributed by atoms with Crippen LogP contribution in [0.5, 0.6) is 28.7 Å². The van der Waals surface area contributed by atoms with E-state index in [1.54, 1.807) is 27.2 Å². The molecule has 2 aliphatic carbocycles. The van der Waals surface area contributed by atoms with Crippen LogP contribution in [0.15, 0.2) is 115 Å². The minimum Gasteiger partial charge on any atom is -0.505 e. The molecule has 2 unspecified atom stereocenters. The Bertz CT molecular complexity index is 2050. The number of ether oxygens (including phenoxy) is 6. The van der Waals surface area contributed by atoms with Crippen LogP contribution in [0.2, 0.25) is 0 Å². The third-order valence-electron chi connectivity index (χ3n) is 13.1. The van der Waals surface area contributed by atoms with Crippen LogP contribution < -0.4 is 18.9 Å². The van der Waals surface area contributed by atoms with E-state index < -0.39 is 5.82 Å². The van der Waals surface area contributed by atoms with E-state index in [1.165, 1.54) is 61.8 Å². The molecule has 2 saturated heterocycles. The average molecular weight is 889 g/mol. The first-order valence-corrected chi connectivity index (χ1v) is 23.4. The fourth-order valence-electron chi connectivity index (χ4n) is 10.1. The van der Waals surface area contributed by atoms with Gasteiger partial charge in [-0.25, -0.2) is 4.39 Å². The van der Waals surface area contributed by atoms with Crippen molar-refractivity contribution in [3.05, 3.63) is 149 Å². The quantitative estimate of drug-likeness (QED) is 0.110. The minimum atomic E-state index is -0.569. The summed E-state index contributed by atoms with van der Waals surface area (Å²) in [6, 6.07) is 38.2. The second kappa shape index (κ2) is 23.9.